The maximum atomic E-state index is 5.84. The van der Waals surface area contributed by atoms with E-state index in [-0.39, 0.29) is 5.41 Å². The van der Waals surface area contributed by atoms with Crippen LogP contribution in [0.1, 0.15) is 19.2 Å². The third-order valence-electron chi connectivity index (χ3n) is 3.15. The first-order chi connectivity index (χ1) is 7.29. The van der Waals surface area contributed by atoms with Crippen LogP contribution in [0.4, 0.5) is 0 Å². The van der Waals surface area contributed by atoms with Crippen molar-refractivity contribution in [1.29, 1.82) is 0 Å². The molecule has 5 heteroatoms. The Labute approximate surface area is 89.6 Å². The van der Waals surface area contributed by atoms with Crippen LogP contribution in [0.15, 0.2) is 6.33 Å². The number of rotatable bonds is 4. The van der Waals surface area contributed by atoms with Gasteiger partial charge in [0, 0.05) is 31.5 Å². The molecule has 1 aromatic heterocycles. The highest BCUT2D eigenvalue weighted by Gasteiger charge is 2.35. The predicted octanol–water partition coefficient (Wildman–Crippen LogP) is 0.206. The van der Waals surface area contributed by atoms with E-state index in [1.807, 2.05) is 4.68 Å². The summed E-state index contributed by atoms with van der Waals surface area (Å²) in [6.45, 7) is 5.15. The fourth-order valence-corrected chi connectivity index (χ4v) is 2.05. The highest BCUT2D eigenvalue weighted by molar-refractivity contribution is 4.96. The average Bonchev–Trinajstić information content (AvgIpc) is 2.88. The van der Waals surface area contributed by atoms with Gasteiger partial charge in [-0.25, -0.2) is 4.98 Å². The largest absolute Gasteiger partial charge is 0.381 e. The molecule has 2 N–H and O–H groups in total. The van der Waals surface area contributed by atoms with Gasteiger partial charge in [-0.1, -0.05) is 0 Å². The highest BCUT2D eigenvalue weighted by atomic mass is 16.5. The van der Waals surface area contributed by atoms with Crippen LogP contribution in [-0.2, 0) is 17.7 Å². The van der Waals surface area contributed by atoms with Gasteiger partial charge in [-0.05, 0) is 13.3 Å². The van der Waals surface area contributed by atoms with Crippen LogP contribution < -0.4 is 5.73 Å². The zero-order valence-electron chi connectivity index (χ0n) is 9.15. The van der Waals surface area contributed by atoms with E-state index in [0.29, 0.717) is 6.54 Å². The minimum absolute atomic E-state index is 0.0833. The summed E-state index contributed by atoms with van der Waals surface area (Å²) in [5.74, 6) is 1.02. The molecule has 1 unspecified atom stereocenters. The lowest BCUT2D eigenvalue weighted by molar-refractivity contribution is 0.152. The molecule has 0 spiro atoms. The van der Waals surface area contributed by atoms with Crippen molar-refractivity contribution >= 4 is 0 Å². The van der Waals surface area contributed by atoms with E-state index in [1.165, 1.54) is 0 Å². The van der Waals surface area contributed by atoms with Crippen LogP contribution in [0.2, 0.25) is 0 Å². The van der Waals surface area contributed by atoms with E-state index in [1.54, 1.807) is 6.33 Å². The lowest BCUT2D eigenvalue weighted by Crippen LogP contribution is -2.34. The van der Waals surface area contributed by atoms with Crippen molar-refractivity contribution in [3.63, 3.8) is 0 Å². The van der Waals surface area contributed by atoms with Crippen molar-refractivity contribution in [2.75, 3.05) is 19.8 Å². The van der Waals surface area contributed by atoms with Gasteiger partial charge in [0.1, 0.15) is 12.2 Å². The molecule has 0 aromatic carbocycles. The number of ether oxygens (including phenoxy) is 1. The van der Waals surface area contributed by atoms with Crippen molar-refractivity contribution in [3.8, 4) is 0 Å². The maximum Gasteiger partial charge on any atom is 0.138 e. The van der Waals surface area contributed by atoms with Crippen molar-refractivity contribution in [3.05, 3.63) is 12.2 Å². The molecule has 84 valence electrons. The Balaban J connectivity index is 2.12. The Hall–Kier alpha value is -0.940. The molecular formula is C10H18N4O. The zero-order chi connectivity index (χ0) is 10.7. The molecule has 2 rings (SSSR count). The van der Waals surface area contributed by atoms with Gasteiger partial charge >= 0.3 is 0 Å². The molecule has 0 radical (unpaired) electrons. The molecule has 1 fully saturated rings. The van der Waals surface area contributed by atoms with Crippen LogP contribution in [0.25, 0.3) is 0 Å². The minimum Gasteiger partial charge on any atom is -0.381 e. The number of aryl methyl sites for hydroxylation is 1. The Morgan fingerprint density at radius 2 is 2.53 bits per heavy atom. The van der Waals surface area contributed by atoms with Crippen LogP contribution in [-0.4, -0.2) is 34.5 Å². The second kappa shape index (κ2) is 4.28. The van der Waals surface area contributed by atoms with E-state index in [4.69, 9.17) is 10.5 Å². The summed E-state index contributed by atoms with van der Waals surface area (Å²) in [6, 6.07) is 0. The Kier molecular flexibility index (Phi) is 3.02. The summed E-state index contributed by atoms with van der Waals surface area (Å²) >= 11 is 0. The third-order valence-corrected chi connectivity index (χ3v) is 3.15. The number of hydrogen-bond donors (Lipinski definition) is 1. The van der Waals surface area contributed by atoms with Gasteiger partial charge in [0.2, 0.25) is 0 Å². The van der Waals surface area contributed by atoms with Gasteiger partial charge in [0.25, 0.3) is 0 Å². The van der Waals surface area contributed by atoms with Gasteiger partial charge < -0.3 is 10.5 Å². The van der Waals surface area contributed by atoms with Crippen LogP contribution in [0, 0.1) is 5.41 Å². The lowest BCUT2D eigenvalue weighted by Gasteiger charge is -2.24. The molecule has 5 nitrogen and oxygen atoms in total. The minimum atomic E-state index is 0.0833. The van der Waals surface area contributed by atoms with Crippen LogP contribution >= 0.6 is 0 Å². The SMILES string of the molecule is CCn1ncnc1CC1(CN)CCOC1. The summed E-state index contributed by atoms with van der Waals surface area (Å²) in [5.41, 5.74) is 5.92. The highest BCUT2D eigenvalue weighted by Crippen LogP contribution is 2.30. The maximum absolute atomic E-state index is 5.84. The summed E-state index contributed by atoms with van der Waals surface area (Å²) in [4.78, 5) is 4.28. The molecule has 1 atom stereocenters. The quantitative estimate of drug-likeness (QED) is 0.771. The fourth-order valence-electron chi connectivity index (χ4n) is 2.05. The molecule has 1 aliphatic heterocycles. The van der Waals surface area contributed by atoms with Gasteiger partial charge in [0.05, 0.1) is 6.61 Å². The van der Waals surface area contributed by atoms with Crippen molar-refractivity contribution < 1.29 is 4.74 Å². The van der Waals surface area contributed by atoms with Gasteiger partial charge in [-0.15, -0.1) is 0 Å². The molecule has 1 aliphatic rings. The Morgan fingerprint density at radius 1 is 1.67 bits per heavy atom. The molecule has 0 aliphatic carbocycles. The molecule has 0 saturated carbocycles. The summed E-state index contributed by atoms with van der Waals surface area (Å²) < 4.78 is 7.36. The van der Waals surface area contributed by atoms with Crippen molar-refractivity contribution in [1.82, 2.24) is 14.8 Å². The molecule has 1 saturated heterocycles. The summed E-state index contributed by atoms with van der Waals surface area (Å²) in [7, 11) is 0. The van der Waals surface area contributed by atoms with E-state index in [2.05, 4.69) is 17.0 Å². The van der Waals surface area contributed by atoms with E-state index >= 15 is 0 Å². The Morgan fingerprint density at radius 3 is 3.13 bits per heavy atom. The second-order valence-electron chi connectivity index (χ2n) is 4.18. The number of nitrogens with zero attached hydrogens (tertiary/aromatic N) is 3. The lowest BCUT2D eigenvalue weighted by atomic mass is 9.83. The van der Waals surface area contributed by atoms with Crippen molar-refractivity contribution in [2.24, 2.45) is 11.1 Å². The number of aromatic nitrogens is 3. The zero-order valence-corrected chi connectivity index (χ0v) is 9.15. The molecule has 0 amide bonds. The normalized spacial score (nSPS) is 26.0. The first kappa shape index (κ1) is 10.6. The van der Waals surface area contributed by atoms with E-state index in [9.17, 15) is 0 Å². The summed E-state index contributed by atoms with van der Waals surface area (Å²) in [6.07, 6.45) is 3.51. The van der Waals surface area contributed by atoms with E-state index < -0.39 is 0 Å². The predicted molar refractivity (Wildman–Crippen MR) is 56.3 cm³/mol. The van der Waals surface area contributed by atoms with Gasteiger partial charge in [-0.3, -0.25) is 4.68 Å². The topological polar surface area (TPSA) is 66.0 Å². The van der Waals surface area contributed by atoms with Crippen LogP contribution in [0.3, 0.4) is 0 Å². The fraction of sp³-hybridized carbons (Fsp3) is 0.800. The van der Waals surface area contributed by atoms with Gasteiger partial charge in [0.15, 0.2) is 0 Å². The smallest absolute Gasteiger partial charge is 0.138 e. The molecule has 1 aromatic rings. The monoisotopic (exact) mass is 210 g/mol. The molecule has 2 heterocycles. The summed E-state index contributed by atoms with van der Waals surface area (Å²) in [5, 5.41) is 4.17. The van der Waals surface area contributed by atoms with Gasteiger partial charge in [-0.2, -0.15) is 5.10 Å². The standard InChI is InChI=1S/C10H18N4O/c1-2-14-9(12-8-13-14)5-10(6-11)3-4-15-7-10/h8H,2-7,11H2,1H3. The Bertz CT molecular complexity index is 317. The molecular weight excluding hydrogens is 192 g/mol. The number of nitrogens with two attached hydrogens (primary N) is 1. The average molecular weight is 210 g/mol. The van der Waals surface area contributed by atoms with Crippen LogP contribution in [0.5, 0.6) is 0 Å². The number of hydrogen-bond acceptors (Lipinski definition) is 4. The molecule has 0 bridgehead atoms. The second-order valence-corrected chi connectivity index (χ2v) is 4.18. The first-order valence-corrected chi connectivity index (χ1v) is 5.44. The molecule has 15 heavy (non-hydrogen) atoms. The third kappa shape index (κ3) is 2.03. The van der Waals surface area contributed by atoms with Crippen molar-refractivity contribution in [2.45, 2.75) is 26.3 Å². The van der Waals surface area contributed by atoms with E-state index in [0.717, 1.165) is 38.4 Å². The first-order valence-electron chi connectivity index (χ1n) is 5.44.